The normalized spacial score (nSPS) is 15.5. The topological polar surface area (TPSA) is 3.24 Å². The Bertz CT molecular complexity index is 997. The highest BCUT2D eigenvalue weighted by molar-refractivity contribution is 6.75. The van der Waals surface area contributed by atoms with Gasteiger partial charge in [0, 0.05) is 11.3 Å². The van der Waals surface area contributed by atoms with Crippen LogP contribution in [0.15, 0.2) is 78.8 Å². The number of allylic oxidation sites excluding steroid dienone is 2. The second-order valence-corrected chi connectivity index (χ2v) is 5.86. The molecule has 0 saturated heterocycles. The molecule has 0 saturated carbocycles. The molecule has 0 amide bonds. The Morgan fingerprint density at radius 2 is 1.64 bits per heavy atom. The van der Waals surface area contributed by atoms with Gasteiger partial charge >= 0.3 is 6.85 Å². The van der Waals surface area contributed by atoms with Crippen LogP contribution in [0.1, 0.15) is 5.56 Å². The van der Waals surface area contributed by atoms with Crippen LogP contribution in [0.25, 0.3) is 27.6 Å². The van der Waals surface area contributed by atoms with Crippen molar-refractivity contribution < 1.29 is 0 Å². The van der Waals surface area contributed by atoms with E-state index in [4.69, 9.17) is 0 Å². The minimum Gasteiger partial charge on any atom is -0.383 e. The van der Waals surface area contributed by atoms with Gasteiger partial charge in [-0.15, -0.1) is 0 Å². The number of nitrogens with zero attached hydrogens (tertiary/aromatic N) is 1. The van der Waals surface area contributed by atoms with E-state index in [-0.39, 0.29) is 0 Å². The zero-order valence-electron chi connectivity index (χ0n) is 12.1. The summed E-state index contributed by atoms with van der Waals surface area (Å²) >= 11 is 0. The number of rotatable bonds is 0. The lowest BCUT2D eigenvalue weighted by molar-refractivity contribution is 1.37. The first-order valence-corrected chi connectivity index (χ1v) is 7.68. The lowest BCUT2D eigenvalue weighted by Crippen LogP contribution is -2.35. The van der Waals surface area contributed by atoms with Gasteiger partial charge in [0.15, 0.2) is 0 Å². The first kappa shape index (κ1) is 11.9. The van der Waals surface area contributed by atoms with E-state index in [9.17, 15) is 0 Å². The van der Waals surface area contributed by atoms with Crippen molar-refractivity contribution in [2.45, 2.75) is 0 Å². The Hall–Kier alpha value is -2.74. The molecule has 0 unspecified atom stereocenters. The Labute approximate surface area is 130 Å². The highest BCUT2D eigenvalue weighted by Crippen LogP contribution is 2.37. The molecule has 0 aromatic heterocycles. The van der Waals surface area contributed by atoms with Crippen molar-refractivity contribution in [1.29, 1.82) is 0 Å². The summed E-state index contributed by atoms with van der Waals surface area (Å²) < 4.78 is 0. The predicted molar refractivity (Wildman–Crippen MR) is 97.0 cm³/mol. The van der Waals surface area contributed by atoms with E-state index < -0.39 is 0 Å². The average molecular weight is 279 g/mol. The van der Waals surface area contributed by atoms with Crippen LogP contribution in [0.2, 0.25) is 0 Å². The highest BCUT2D eigenvalue weighted by Gasteiger charge is 2.24. The fourth-order valence-electron chi connectivity index (χ4n) is 3.61. The molecule has 5 rings (SSSR count). The maximum atomic E-state index is 2.34. The van der Waals surface area contributed by atoms with Gasteiger partial charge in [0.05, 0.1) is 0 Å². The fraction of sp³-hybridized carbons (Fsp3) is 0. The van der Waals surface area contributed by atoms with E-state index in [0.29, 0.717) is 6.85 Å². The van der Waals surface area contributed by atoms with Gasteiger partial charge in [-0.3, -0.25) is 0 Å². The highest BCUT2D eigenvalue weighted by atomic mass is 15.1. The van der Waals surface area contributed by atoms with Crippen molar-refractivity contribution in [3.63, 3.8) is 0 Å². The predicted octanol–water partition coefficient (Wildman–Crippen LogP) is 4.98. The van der Waals surface area contributed by atoms with E-state index in [1.165, 1.54) is 32.8 Å². The second kappa shape index (κ2) is 4.38. The Morgan fingerprint density at radius 1 is 0.727 bits per heavy atom. The molecule has 0 fully saturated rings. The monoisotopic (exact) mass is 279 g/mol. The van der Waals surface area contributed by atoms with Gasteiger partial charge < -0.3 is 4.81 Å². The summed E-state index contributed by atoms with van der Waals surface area (Å²) in [6, 6.07) is 17.6. The van der Waals surface area contributed by atoms with E-state index in [1.54, 1.807) is 0 Å². The molecular weight excluding hydrogens is 265 g/mol. The van der Waals surface area contributed by atoms with Crippen molar-refractivity contribution in [2.24, 2.45) is 0 Å². The van der Waals surface area contributed by atoms with Crippen LogP contribution in [0.3, 0.4) is 0 Å². The molecule has 2 heteroatoms. The molecule has 0 aliphatic carbocycles. The summed E-state index contributed by atoms with van der Waals surface area (Å²) in [5, 5.41) is 5.28. The van der Waals surface area contributed by atoms with Gasteiger partial charge in [-0.1, -0.05) is 66.6 Å². The zero-order valence-corrected chi connectivity index (χ0v) is 12.1. The number of hydrogen-bond donors (Lipinski definition) is 0. The van der Waals surface area contributed by atoms with Crippen molar-refractivity contribution in [3.8, 4) is 0 Å². The van der Waals surface area contributed by atoms with Crippen LogP contribution in [0.4, 0.5) is 5.69 Å². The molecule has 2 heterocycles. The zero-order chi connectivity index (χ0) is 14.5. The van der Waals surface area contributed by atoms with Gasteiger partial charge in [-0.05, 0) is 39.9 Å². The summed E-state index contributed by atoms with van der Waals surface area (Å²) in [5.41, 5.74) is 2.61. The summed E-state index contributed by atoms with van der Waals surface area (Å²) in [6.45, 7) is 0.343. The fourth-order valence-corrected chi connectivity index (χ4v) is 3.61. The standard InChI is InChI=1S/C20H14BN/c1-2-6-16-15(5-1)7-8-18-17(16)9-10-20-19(18)11-13-21-12-3-4-14-22(20)21/h1-14H. The quantitative estimate of drug-likeness (QED) is 0.414. The van der Waals surface area contributed by atoms with E-state index in [0.717, 1.165) is 0 Å². The van der Waals surface area contributed by atoms with Crippen LogP contribution >= 0.6 is 0 Å². The van der Waals surface area contributed by atoms with Crippen molar-refractivity contribution in [1.82, 2.24) is 0 Å². The summed E-state index contributed by atoms with van der Waals surface area (Å²) in [6.07, 6.45) is 8.66. The van der Waals surface area contributed by atoms with E-state index in [2.05, 4.69) is 89.7 Å². The average Bonchev–Trinajstić information content (AvgIpc) is 2.60. The number of anilines is 1. The maximum Gasteiger partial charge on any atom is 0.312 e. The van der Waals surface area contributed by atoms with Crippen molar-refractivity contribution in [2.75, 3.05) is 4.81 Å². The number of benzene rings is 3. The lowest BCUT2D eigenvalue weighted by atomic mass is 9.57. The Balaban J connectivity index is 1.85. The molecule has 2 aliphatic rings. The SMILES string of the molecule is C1=CB2C=Cc3c(ccc4c3ccc3ccccc34)N2C=C1. The number of hydrogen-bond acceptors (Lipinski definition) is 1. The van der Waals surface area contributed by atoms with Crippen molar-refractivity contribution in [3.05, 3.63) is 84.4 Å². The molecule has 0 atom stereocenters. The Kier molecular flexibility index (Phi) is 2.36. The van der Waals surface area contributed by atoms with Gasteiger partial charge in [-0.25, -0.2) is 0 Å². The third-order valence-corrected chi connectivity index (χ3v) is 4.67. The first-order valence-electron chi connectivity index (χ1n) is 7.68. The molecule has 0 N–H and O–H groups in total. The minimum absolute atomic E-state index is 0.343. The molecule has 3 aromatic carbocycles. The third-order valence-electron chi connectivity index (χ3n) is 4.67. The number of fused-ring (bicyclic) bond motifs is 7. The van der Waals surface area contributed by atoms with Gasteiger partial charge in [-0.2, -0.15) is 0 Å². The first-order chi connectivity index (χ1) is 10.9. The maximum absolute atomic E-state index is 2.34. The third kappa shape index (κ3) is 1.55. The molecule has 0 radical (unpaired) electrons. The molecular formula is C20H14BN. The molecule has 0 bridgehead atoms. The molecule has 22 heavy (non-hydrogen) atoms. The van der Waals surface area contributed by atoms with E-state index in [1.807, 2.05) is 0 Å². The minimum atomic E-state index is 0.343. The Morgan fingerprint density at radius 3 is 2.64 bits per heavy atom. The molecule has 3 aromatic rings. The largest absolute Gasteiger partial charge is 0.383 e. The van der Waals surface area contributed by atoms with Gasteiger partial charge in [0.25, 0.3) is 0 Å². The van der Waals surface area contributed by atoms with Crippen molar-refractivity contribution >= 4 is 40.2 Å². The smallest absolute Gasteiger partial charge is 0.312 e. The second-order valence-electron chi connectivity index (χ2n) is 5.86. The van der Waals surface area contributed by atoms with Crippen LogP contribution in [-0.2, 0) is 0 Å². The summed E-state index contributed by atoms with van der Waals surface area (Å²) in [7, 11) is 0. The molecule has 0 spiro atoms. The van der Waals surface area contributed by atoms with E-state index >= 15 is 0 Å². The molecule has 1 nitrogen and oxygen atoms in total. The summed E-state index contributed by atoms with van der Waals surface area (Å²) in [4.78, 5) is 2.34. The van der Waals surface area contributed by atoms with Crippen LogP contribution < -0.4 is 4.81 Å². The van der Waals surface area contributed by atoms with Gasteiger partial charge in [0.2, 0.25) is 0 Å². The molecule has 102 valence electrons. The van der Waals surface area contributed by atoms with Crippen LogP contribution in [-0.4, -0.2) is 6.85 Å². The van der Waals surface area contributed by atoms with Crippen LogP contribution in [0.5, 0.6) is 0 Å². The summed E-state index contributed by atoms with van der Waals surface area (Å²) in [5.74, 6) is 4.50. The lowest BCUT2D eigenvalue weighted by Gasteiger charge is -2.31. The molecule has 2 aliphatic heterocycles. The van der Waals surface area contributed by atoms with Gasteiger partial charge in [0.1, 0.15) is 0 Å². The van der Waals surface area contributed by atoms with Crippen LogP contribution in [0, 0.1) is 0 Å².